The van der Waals surface area contributed by atoms with E-state index in [0.29, 0.717) is 5.92 Å². The Kier molecular flexibility index (Phi) is 2.46. The van der Waals surface area contributed by atoms with E-state index < -0.39 is 0 Å². The van der Waals surface area contributed by atoms with Crippen molar-refractivity contribution >= 4 is 0 Å². The zero-order valence-corrected chi connectivity index (χ0v) is 6.20. The molecule has 58 valence electrons. The van der Waals surface area contributed by atoms with Crippen LogP contribution < -0.4 is 0 Å². The smallest absolute Gasteiger partial charge is 0.0723 e. The fraction of sp³-hybridized carbons (Fsp3) is 0.750. The third kappa shape index (κ3) is 1.58. The molecule has 1 aliphatic rings. The molecule has 0 heterocycles. The van der Waals surface area contributed by atoms with Gasteiger partial charge in [0.15, 0.2) is 0 Å². The van der Waals surface area contributed by atoms with Crippen LogP contribution in [0.2, 0.25) is 0 Å². The SMILES string of the molecule is CC1CC(O)C=CC1CO. The monoisotopic (exact) mass is 142 g/mol. The lowest BCUT2D eigenvalue weighted by molar-refractivity contribution is 0.137. The van der Waals surface area contributed by atoms with Gasteiger partial charge in [0.05, 0.1) is 6.10 Å². The van der Waals surface area contributed by atoms with E-state index in [1.54, 1.807) is 6.08 Å². The first kappa shape index (κ1) is 7.76. The maximum absolute atomic E-state index is 9.12. The molecule has 1 aliphatic carbocycles. The highest BCUT2D eigenvalue weighted by Gasteiger charge is 2.20. The second-order valence-electron chi connectivity index (χ2n) is 3.01. The van der Waals surface area contributed by atoms with Crippen LogP contribution in [0.3, 0.4) is 0 Å². The fourth-order valence-electron chi connectivity index (χ4n) is 1.34. The van der Waals surface area contributed by atoms with Crippen molar-refractivity contribution in [3.8, 4) is 0 Å². The molecule has 0 amide bonds. The Hall–Kier alpha value is -0.340. The minimum Gasteiger partial charge on any atom is -0.396 e. The molecule has 0 radical (unpaired) electrons. The first-order valence-electron chi connectivity index (χ1n) is 3.71. The van der Waals surface area contributed by atoms with E-state index in [1.807, 2.05) is 13.0 Å². The van der Waals surface area contributed by atoms with E-state index in [9.17, 15) is 0 Å². The Balaban J connectivity index is 2.53. The predicted molar refractivity (Wildman–Crippen MR) is 39.5 cm³/mol. The summed E-state index contributed by atoms with van der Waals surface area (Å²) in [5.41, 5.74) is 0. The Labute approximate surface area is 61.2 Å². The van der Waals surface area contributed by atoms with Crippen LogP contribution in [-0.4, -0.2) is 22.9 Å². The van der Waals surface area contributed by atoms with Crippen molar-refractivity contribution < 1.29 is 10.2 Å². The zero-order valence-electron chi connectivity index (χ0n) is 6.20. The Morgan fingerprint density at radius 2 is 2.20 bits per heavy atom. The molecule has 0 aromatic heterocycles. The molecule has 0 bridgehead atoms. The molecule has 10 heavy (non-hydrogen) atoms. The minimum atomic E-state index is -0.294. The van der Waals surface area contributed by atoms with E-state index in [4.69, 9.17) is 10.2 Å². The number of aliphatic hydroxyl groups excluding tert-OH is 2. The van der Waals surface area contributed by atoms with Crippen LogP contribution in [-0.2, 0) is 0 Å². The summed E-state index contributed by atoms with van der Waals surface area (Å²) >= 11 is 0. The summed E-state index contributed by atoms with van der Waals surface area (Å²) in [6, 6.07) is 0. The van der Waals surface area contributed by atoms with Gasteiger partial charge in [-0.05, 0) is 12.3 Å². The lowest BCUT2D eigenvalue weighted by Gasteiger charge is -2.24. The first-order valence-corrected chi connectivity index (χ1v) is 3.71. The molecule has 3 atom stereocenters. The Morgan fingerprint density at radius 3 is 2.70 bits per heavy atom. The first-order chi connectivity index (χ1) is 4.74. The topological polar surface area (TPSA) is 40.5 Å². The molecule has 1 rings (SSSR count). The molecule has 0 aromatic carbocycles. The Bertz CT molecular complexity index is 131. The third-order valence-electron chi connectivity index (χ3n) is 2.14. The van der Waals surface area contributed by atoms with Crippen molar-refractivity contribution in [2.24, 2.45) is 11.8 Å². The predicted octanol–water partition coefficient (Wildman–Crippen LogP) is 0.552. The molecule has 0 aromatic rings. The average Bonchev–Trinajstić information content (AvgIpc) is 1.88. The largest absolute Gasteiger partial charge is 0.396 e. The molecular weight excluding hydrogens is 128 g/mol. The lowest BCUT2D eigenvalue weighted by atomic mass is 9.85. The van der Waals surface area contributed by atoms with E-state index in [2.05, 4.69) is 0 Å². The maximum Gasteiger partial charge on any atom is 0.0723 e. The van der Waals surface area contributed by atoms with Gasteiger partial charge in [0.25, 0.3) is 0 Å². The summed E-state index contributed by atoms with van der Waals surface area (Å²) < 4.78 is 0. The molecule has 3 unspecified atom stereocenters. The van der Waals surface area contributed by atoms with Gasteiger partial charge >= 0.3 is 0 Å². The molecule has 0 saturated carbocycles. The summed E-state index contributed by atoms with van der Waals surface area (Å²) in [6.45, 7) is 2.25. The van der Waals surface area contributed by atoms with Gasteiger partial charge in [-0.1, -0.05) is 19.1 Å². The third-order valence-corrected chi connectivity index (χ3v) is 2.14. The number of rotatable bonds is 1. The van der Waals surface area contributed by atoms with Gasteiger partial charge in [-0.25, -0.2) is 0 Å². The normalized spacial score (nSPS) is 40.1. The highest BCUT2D eigenvalue weighted by Crippen LogP contribution is 2.23. The maximum atomic E-state index is 9.12. The van der Waals surface area contributed by atoms with E-state index in [1.165, 1.54) is 0 Å². The van der Waals surface area contributed by atoms with E-state index in [0.717, 1.165) is 6.42 Å². The average molecular weight is 142 g/mol. The van der Waals surface area contributed by atoms with Gasteiger partial charge in [0, 0.05) is 12.5 Å². The van der Waals surface area contributed by atoms with Crippen molar-refractivity contribution in [2.75, 3.05) is 6.61 Å². The zero-order chi connectivity index (χ0) is 7.56. The molecule has 2 N–H and O–H groups in total. The summed E-state index contributed by atoms with van der Waals surface area (Å²) in [4.78, 5) is 0. The molecule has 0 saturated heterocycles. The van der Waals surface area contributed by atoms with E-state index >= 15 is 0 Å². The molecule has 0 spiro atoms. The van der Waals surface area contributed by atoms with Gasteiger partial charge < -0.3 is 10.2 Å². The van der Waals surface area contributed by atoms with Crippen molar-refractivity contribution in [2.45, 2.75) is 19.4 Å². The van der Waals surface area contributed by atoms with Gasteiger partial charge in [0.1, 0.15) is 0 Å². The summed E-state index contributed by atoms with van der Waals surface area (Å²) in [6.07, 6.45) is 4.15. The van der Waals surface area contributed by atoms with E-state index in [-0.39, 0.29) is 18.6 Å². The molecule has 0 aliphatic heterocycles. The van der Waals surface area contributed by atoms with Crippen molar-refractivity contribution in [3.05, 3.63) is 12.2 Å². The van der Waals surface area contributed by atoms with Crippen LogP contribution in [0.25, 0.3) is 0 Å². The van der Waals surface area contributed by atoms with Crippen LogP contribution in [0, 0.1) is 11.8 Å². The molecule has 2 nitrogen and oxygen atoms in total. The number of hydrogen-bond acceptors (Lipinski definition) is 2. The lowest BCUT2D eigenvalue weighted by Crippen LogP contribution is -2.23. The summed E-state index contributed by atoms with van der Waals surface area (Å²) in [7, 11) is 0. The summed E-state index contributed by atoms with van der Waals surface area (Å²) in [5, 5.41) is 17.9. The Morgan fingerprint density at radius 1 is 1.50 bits per heavy atom. The van der Waals surface area contributed by atoms with Crippen LogP contribution >= 0.6 is 0 Å². The molecular formula is C8H14O2. The second kappa shape index (κ2) is 3.17. The van der Waals surface area contributed by atoms with Crippen LogP contribution in [0.4, 0.5) is 0 Å². The molecule has 2 heteroatoms. The van der Waals surface area contributed by atoms with Gasteiger partial charge in [0.2, 0.25) is 0 Å². The van der Waals surface area contributed by atoms with Gasteiger partial charge in [-0.3, -0.25) is 0 Å². The van der Waals surface area contributed by atoms with Crippen LogP contribution in [0.1, 0.15) is 13.3 Å². The van der Waals surface area contributed by atoms with Crippen molar-refractivity contribution in [3.63, 3.8) is 0 Å². The number of aliphatic hydroxyl groups is 2. The summed E-state index contributed by atoms with van der Waals surface area (Å²) in [5.74, 6) is 0.661. The fourth-order valence-corrected chi connectivity index (χ4v) is 1.34. The minimum absolute atomic E-state index is 0.199. The second-order valence-corrected chi connectivity index (χ2v) is 3.01. The van der Waals surface area contributed by atoms with Gasteiger partial charge in [-0.2, -0.15) is 0 Å². The molecule has 0 fully saturated rings. The van der Waals surface area contributed by atoms with Crippen LogP contribution in [0.5, 0.6) is 0 Å². The van der Waals surface area contributed by atoms with Crippen LogP contribution in [0.15, 0.2) is 12.2 Å². The standard InChI is InChI=1S/C8H14O2/c1-6-4-8(10)3-2-7(6)5-9/h2-3,6-10H,4-5H2,1H3. The quantitative estimate of drug-likeness (QED) is 0.525. The van der Waals surface area contributed by atoms with Crippen molar-refractivity contribution in [1.82, 2.24) is 0 Å². The highest BCUT2D eigenvalue weighted by molar-refractivity contribution is 5.00. The number of hydrogen-bond donors (Lipinski definition) is 2. The van der Waals surface area contributed by atoms with Crippen molar-refractivity contribution in [1.29, 1.82) is 0 Å². The highest BCUT2D eigenvalue weighted by atomic mass is 16.3. The van der Waals surface area contributed by atoms with Gasteiger partial charge in [-0.15, -0.1) is 0 Å².